The lowest BCUT2D eigenvalue weighted by Gasteiger charge is -2.11. The highest BCUT2D eigenvalue weighted by Crippen LogP contribution is 2.01. The van der Waals surface area contributed by atoms with E-state index in [1.165, 1.54) is 7.11 Å². The predicted molar refractivity (Wildman–Crippen MR) is 64.8 cm³/mol. The Morgan fingerprint density at radius 2 is 2.00 bits per heavy atom. The Hall–Kier alpha value is -2.29. The number of urea groups is 1. The lowest BCUT2D eigenvalue weighted by molar-refractivity contribution is -0.147. The topological polar surface area (TPSA) is 126 Å². The van der Waals surface area contributed by atoms with Crippen LogP contribution < -0.4 is 10.6 Å². The molecule has 3 N–H and O–H groups in total. The highest BCUT2D eigenvalue weighted by molar-refractivity contribution is 5.87. The number of ether oxygens (including phenoxy) is 1. The molecule has 0 saturated carbocycles. The van der Waals surface area contributed by atoms with Crippen LogP contribution in [0.3, 0.4) is 0 Å². The molecule has 1 aromatic rings. The SMILES string of the molecule is COC(CNC(=O)Nc1nnc(C)c(C)n1)C(=O)O. The normalized spacial score (nSPS) is 11.7. The van der Waals surface area contributed by atoms with E-state index in [1.54, 1.807) is 13.8 Å². The minimum atomic E-state index is -1.16. The van der Waals surface area contributed by atoms with Gasteiger partial charge in [-0.15, -0.1) is 5.10 Å². The number of hydrogen-bond donors (Lipinski definition) is 3. The summed E-state index contributed by atoms with van der Waals surface area (Å²) in [5.74, 6) is -1.11. The van der Waals surface area contributed by atoms with Gasteiger partial charge in [-0.25, -0.2) is 14.6 Å². The van der Waals surface area contributed by atoms with Gasteiger partial charge in [0.1, 0.15) is 0 Å². The maximum Gasteiger partial charge on any atom is 0.334 e. The molecule has 1 aromatic heterocycles. The quantitative estimate of drug-likeness (QED) is 0.670. The van der Waals surface area contributed by atoms with Crippen molar-refractivity contribution in [2.24, 2.45) is 0 Å². The third kappa shape index (κ3) is 4.47. The zero-order valence-electron chi connectivity index (χ0n) is 10.8. The fourth-order valence-electron chi connectivity index (χ4n) is 1.11. The van der Waals surface area contributed by atoms with Crippen molar-refractivity contribution < 1.29 is 19.4 Å². The van der Waals surface area contributed by atoms with E-state index in [0.29, 0.717) is 11.4 Å². The number of aliphatic carboxylic acids is 1. The maximum atomic E-state index is 11.5. The molecule has 104 valence electrons. The number of carboxylic acid groups (broad SMARTS) is 1. The fraction of sp³-hybridized carbons (Fsp3) is 0.500. The number of carbonyl (C=O) groups is 2. The number of rotatable bonds is 5. The summed E-state index contributed by atoms with van der Waals surface area (Å²) in [7, 11) is 1.24. The highest BCUT2D eigenvalue weighted by atomic mass is 16.5. The molecule has 9 nitrogen and oxygen atoms in total. The van der Waals surface area contributed by atoms with E-state index in [-0.39, 0.29) is 12.5 Å². The molecule has 2 amide bonds. The Kier molecular flexibility index (Phi) is 5.12. The number of hydrogen-bond acceptors (Lipinski definition) is 6. The number of aryl methyl sites for hydroxylation is 2. The summed E-state index contributed by atoms with van der Waals surface area (Å²) in [6.07, 6.45) is -1.11. The maximum absolute atomic E-state index is 11.5. The summed E-state index contributed by atoms with van der Waals surface area (Å²) < 4.78 is 4.66. The van der Waals surface area contributed by atoms with E-state index in [0.717, 1.165) is 0 Å². The standard InChI is InChI=1S/C10H15N5O4/c1-5-6(2)14-15-9(12-5)13-10(18)11-4-7(19-3)8(16)17/h7H,4H2,1-3H3,(H,16,17)(H2,11,12,13,15,18). The molecule has 0 aliphatic heterocycles. The number of anilines is 1. The van der Waals surface area contributed by atoms with Crippen LogP contribution in [0.5, 0.6) is 0 Å². The van der Waals surface area contributed by atoms with Crippen molar-refractivity contribution in [2.45, 2.75) is 20.0 Å². The smallest absolute Gasteiger partial charge is 0.334 e. The van der Waals surface area contributed by atoms with Gasteiger partial charge in [0.15, 0.2) is 6.10 Å². The van der Waals surface area contributed by atoms with Gasteiger partial charge in [0.2, 0.25) is 0 Å². The molecule has 0 aliphatic carbocycles. The predicted octanol–water partition coefficient (Wildman–Crippen LogP) is -0.290. The molecule has 0 aromatic carbocycles. The van der Waals surface area contributed by atoms with E-state index >= 15 is 0 Å². The third-order valence-corrected chi connectivity index (χ3v) is 2.33. The molecular formula is C10H15N5O4. The Balaban J connectivity index is 2.51. The molecular weight excluding hydrogens is 254 g/mol. The zero-order valence-corrected chi connectivity index (χ0v) is 10.8. The van der Waals surface area contributed by atoms with Gasteiger partial charge in [0.05, 0.1) is 17.9 Å². The monoisotopic (exact) mass is 269 g/mol. The number of nitrogens with one attached hydrogen (secondary N) is 2. The van der Waals surface area contributed by atoms with E-state index in [1.807, 2.05) is 0 Å². The Morgan fingerprint density at radius 3 is 2.53 bits per heavy atom. The van der Waals surface area contributed by atoms with Crippen LogP contribution in [0.4, 0.5) is 10.7 Å². The van der Waals surface area contributed by atoms with Crippen LogP contribution in [0, 0.1) is 13.8 Å². The number of methoxy groups -OCH3 is 1. The second-order valence-corrected chi connectivity index (χ2v) is 3.70. The van der Waals surface area contributed by atoms with Crippen LogP contribution >= 0.6 is 0 Å². The van der Waals surface area contributed by atoms with Crippen molar-refractivity contribution in [3.8, 4) is 0 Å². The summed E-state index contributed by atoms with van der Waals surface area (Å²) in [5, 5.41) is 20.9. The van der Waals surface area contributed by atoms with Crippen LogP contribution in [0.15, 0.2) is 0 Å². The minimum absolute atomic E-state index is 0.0462. The fourth-order valence-corrected chi connectivity index (χ4v) is 1.11. The molecule has 1 heterocycles. The Bertz CT molecular complexity index is 479. The Labute approximate surface area is 109 Å². The first-order valence-corrected chi connectivity index (χ1v) is 5.42. The van der Waals surface area contributed by atoms with E-state index < -0.39 is 18.1 Å². The van der Waals surface area contributed by atoms with Crippen LogP contribution in [0.2, 0.25) is 0 Å². The van der Waals surface area contributed by atoms with Gasteiger partial charge in [-0.2, -0.15) is 5.10 Å². The van der Waals surface area contributed by atoms with Crippen molar-refractivity contribution in [3.63, 3.8) is 0 Å². The molecule has 0 spiro atoms. The second kappa shape index (κ2) is 6.59. The Morgan fingerprint density at radius 1 is 1.32 bits per heavy atom. The lowest BCUT2D eigenvalue weighted by Crippen LogP contribution is -2.40. The molecule has 0 saturated heterocycles. The summed E-state index contributed by atoms with van der Waals surface area (Å²) >= 11 is 0. The van der Waals surface area contributed by atoms with Gasteiger partial charge in [-0.3, -0.25) is 5.32 Å². The number of carbonyl (C=O) groups excluding carboxylic acids is 1. The van der Waals surface area contributed by atoms with E-state index in [2.05, 4.69) is 30.6 Å². The van der Waals surface area contributed by atoms with Gasteiger partial charge in [0, 0.05) is 7.11 Å². The van der Waals surface area contributed by atoms with Gasteiger partial charge >= 0.3 is 12.0 Å². The number of nitrogens with zero attached hydrogens (tertiary/aromatic N) is 3. The first-order valence-electron chi connectivity index (χ1n) is 5.42. The minimum Gasteiger partial charge on any atom is -0.479 e. The average Bonchev–Trinajstić information content (AvgIpc) is 2.34. The molecule has 19 heavy (non-hydrogen) atoms. The van der Waals surface area contributed by atoms with Gasteiger partial charge in [-0.1, -0.05) is 0 Å². The summed E-state index contributed by atoms with van der Waals surface area (Å²) in [5.41, 5.74) is 1.31. The molecule has 1 rings (SSSR count). The summed E-state index contributed by atoms with van der Waals surface area (Å²) in [6.45, 7) is 3.31. The van der Waals surface area contributed by atoms with Crippen molar-refractivity contribution in [2.75, 3.05) is 19.0 Å². The van der Waals surface area contributed by atoms with Gasteiger partial charge in [-0.05, 0) is 13.8 Å². The zero-order chi connectivity index (χ0) is 14.4. The van der Waals surface area contributed by atoms with Crippen molar-refractivity contribution in [1.29, 1.82) is 0 Å². The molecule has 0 bridgehead atoms. The highest BCUT2D eigenvalue weighted by Gasteiger charge is 2.17. The van der Waals surface area contributed by atoms with Crippen molar-refractivity contribution >= 4 is 17.9 Å². The van der Waals surface area contributed by atoms with Crippen molar-refractivity contribution in [1.82, 2.24) is 20.5 Å². The molecule has 0 radical (unpaired) electrons. The largest absolute Gasteiger partial charge is 0.479 e. The second-order valence-electron chi connectivity index (χ2n) is 3.70. The van der Waals surface area contributed by atoms with E-state index in [9.17, 15) is 9.59 Å². The van der Waals surface area contributed by atoms with Crippen LogP contribution in [0.1, 0.15) is 11.4 Å². The summed E-state index contributed by atoms with van der Waals surface area (Å²) in [4.78, 5) is 26.1. The number of amides is 2. The average molecular weight is 269 g/mol. The lowest BCUT2D eigenvalue weighted by atomic mass is 10.3. The van der Waals surface area contributed by atoms with Crippen molar-refractivity contribution in [3.05, 3.63) is 11.4 Å². The summed E-state index contributed by atoms with van der Waals surface area (Å²) in [6, 6.07) is -0.631. The molecule has 0 aliphatic rings. The van der Waals surface area contributed by atoms with Gasteiger partial charge in [0.25, 0.3) is 5.95 Å². The van der Waals surface area contributed by atoms with Crippen LogP contribution in [-0.2, 0) is 9.53 Å². The van der Waals surface area contributed by atoms with Crippen LogP contribution in [0.25, 0.3) is 0 Å². The van der Waals surface area contributed by atoms with Crippen LogP contribution in [-0.4, -0.2) is 52.0 Å². The molecule has 0 fully saturated rings. The van der Waals surface area contributed by atoms with Gasteiger partial charge < -0.3 is 15.2 Å². The third-order valence-electron chi connectivity index (χ3n) is 2.33. The first-order chi connectivity index (χ1) is 8.93. The molecule has 1 unspecified atom stereocenters. The molecule has 9 heteroatoms. The number of aromatic nitrogens is 3. The number of carboxylic acids is 1. The first kappa shape index (κ1) is 14.8. The van der Waals surface area contributed by atoms with E-state index in [4.69, 9.17) is 5.11 Å². The molecule has 1 atom stereocenters.